The Bertz CT molecular complexity index is 579. The highest BCUT2D eigenvalue weighted by Crippen LogP contribution is 2.56. The van der Waals surface area contributed by atoms with E-state index < -0.39 is 0 Å². The molecule has 0 spiro atoms. The minimum atomic E-state index is -0.230. The number of rotatable bonds is 4. The van der Waals surface area contributed by atoms with Crippen molar-refractivity contribution in [3.8, 4) is 0 Å². The maximum absolute atomic E-state index is 11.4. The van der Waals surface area contributed by atoms with Crippen molar-refractivity contribution < 1.29 is 14.3 Å². The zero-order valence-electron chi connectivity index (χ0n) is 15.1. The van der Waals surface area contributed by atoms with Gasteiger partial charge in [0.2, 0.25) is 0 Å². The molecule has 5 heteroatoms. The quantitative estimate of drug-likeness (QED) is 0.793. The molecule has 1 aliphatic carbocycles. The molecule has 1 aromatic heterocycles. The number of carbonyl (C=O) groups excluding carboxylic acids is 1. The van der Waals surface area contributed by atoms with Gasteiger partial charge in [0.1, 0.15) is 5.82 Å². The maximum Gasteiger partial charge on any atom is 0.308 e. The van der Waals surface area contributed by atoms with Gasteiger partial charge in [-0.1, -0.05) is 26.8 Å². The van der Waals surface area contributed by atoms with Crippen LogP contribution in [0, 0.1) is 11.3 Å². The Balaban J connectivity index is 1.60. The van der Waals surface area contributed by atoms with Crippen LogP contribution in [-0.4, -0.2) is 43.9 Å². The minimum absolute atomic E-state index is 0.124. The van der Waals surface area contributed by atoms with Crippen molar-refractivity contribution >= 4 is 11.8 Å². The molecule has 2 fully saturated rings. The zero-order chi connectivity index (χ0) is 17.3. The molecule has 1 saturated heterocycles. The van der Waals surface area contributed by atoms with Crippen LogP contribution >= 0.6 is 0 Å². The molecule has 3 rings (SSSR count). The highest BCUT2D eigenvalue weighted by atomic mass is 16.5. The van der Waals surface area contributed by atoms with Gasteiger partial charge in [0.25, 0.3) is 0 Å². The van der Waals surface area contributed by atoms with Crippen LogP contribution in [-0.2, 0) is 14.3 Å². The van der Waals surface area contributed by atoms with Crippen LogP contribution in [0.4, 0.5) is 5.82 Å². The van der Waals surface area contributed by atoms with Gasteiger partial charge in [0, 0.05) is 19.3 Å². The van der Waals surface area contributed by atoms with Gasteiger partial charge in [-0.2, -0.15) is 0 Å². The van der Waals surface area contributed by atoms with E-state index in [1.54, 1.807) is 0 Å². The average molecular weight is 332 g/mol. The summed E-state index contributed by atoms with van der Waals surface area (Å²) in [6.45, 7) is 9.03. The highest BCUT2D eigenvalue weighted by molar-refractivity contribution is 5.69. The SMILES string of the molecule is COC(=O)CC1CN(c2ccc([C@@H]3C[C@H]3C(C)(C)C)cn2)CCO1. The third-order valence-electron chi connectivity index (χ3n) is 5.19. The molecule has 0 amide bonds. The molecule has 1 unspecified atom stereocenters. The summed E-state index contributed by atoms with van der Waals surface area (Å²) < 4.78 is 10.4. The molecule has 5 nitrogen and oxygen atoms in total. The number of nitrogens with zero attached hydrogens (tertiary/aromatic N) is 2. The lowest BCUT2D eigenvalue weighted by atomic mass is 9.88. The van der Waals surface area contributed by atoms with Crippen LogP contribution in [0.3, 0.4) is 0 Å². The van der Waals surface area contributed by atoms with E-state index in [4.69, 9.17) is 9.47 Å². The van der Waals surface area contributed by atoms with Crippen LogP contribution in [0.25, 0.3) is 0 Å². The van der Waals surface area contributed by atoms with Crippen molar-refractivity contribution in [2.24, 2.45) is 11.3 Å². The topological polar surface area (TPSA) is 51.7 Å². The Morgan fingerprint density at radius 2 is 2.21 bits per heavy atom. The molecule has 132 valence electrons. The first-order valence-corrected chi connectivity index (χ1v) is 8.78. The predicted molar refractivity (Wildman–Crippen MR) is 93.1 cm³/mol. The summed E-state index contributed by atoms with van der Waals surface area (Å²) in [4.78, 5) is 18.3. The van der Waals surface area contributed by atoms with Crippen molar-refractivity contribution in [1.29, 1.82) is 0 Å². The van der Waals surface area contributed by atoms with Gasteiger partial charge in [-0.25, -0.2) is 4.98 Å². The Morgan fingerprint density at radius 1 is 1.42 bits per heavy atom. The molecule has 0 bridgehead atoms. The summed E-state index contributed by atoms with van der Waals surface area (Å²) in [5, 5.41) is 0. The van der Waals surface area contributed by atoms with Crippen molar-refractivity contribution in [1.82, 2.24) is 4.98 Å². The fraction of sp³-hybridized carbons (Fsp3) is 0.684. The molecule has 1 aromatic rings. The molecule has 0 radical (unpaired) electrons. The monoisotopic (exact) mass is 332 g/mol. The Labute approximate surface area is 144 Å². The van der Waals surface area contributed by atoms with Crippen LogP contribution in [0.15, 0.2) is 18.3 Å². The number of aromatic nitrogens is 1. The second-order valence-corrected chi connectivity index (χ2v) is 7.98. The molecule has 1 aliphatic heterocycles. The summed E-state index contributed by atoms with van der Waals surface area (Å²) in [7, 11) is 1.41. The summed E-state index contributed by atoms with van der Waals surface area (Å²) in [6.07, 6.45) is 3.46. The van der Waals surface area contributed by atoms with Crippen LogP contribution in [0.1, 0.15) is 45.1 Å². The number of anilines is 1. The molecule has 1 saturated carbocycles. The predicted octanol–water partition coefficient (Wildman–Crippen LogP) is 3.00. The number of ether oxygens (including phenoxy) is 2. The Hall–Kier alpha value is -1.62. The number of carbonyl (C=O) groups is 1. The van der Waals surface area contributed by atoms with Crippen LogP contribution in [0.2, 0.25) is 0 Å². The van der Waals surface area contributed by atoms with Crippen molar-refractivity contribution in [2.45, 2.75) is 45.6 Å². The summed E-state index contributed by atoms with van der Waals surface area (Å²) in [5.41, 5.74) is 1.72. The molecule has 3 atom stereocenters. The number of hydrogen-bond donors (Lipinski definition) is 0. The lowest BCUT2D eigenvalue weighted by Gasteiger charge is -2.33. The third-order valence-corrected chi connectivity index (χ3v) is 5.19. The van der Waals surface area contributed by atoms with Gasteiger partial charge in [-0.15, -0.1) is 0 Å². The minimum Gasteiger partial charge on any atom is -0.469 e. The normalized spacial score (nSPS) is 27.0. The highest BCUT2D eigenvalue weighted by Gasteiger charge is 2.45. The van der Waals surface area contributed by atoms with Crippen LogP contribution < -0.4 is 4.90 Å². The van der Waals surface area contributed by atoms with Crippen molar-refractivity contribution in [3.63, 3.8) is 0 Å². The van der Waals surface area contributed by atoms with Gasteiger partial charge in [-0.3, -0.25) is 4.79 Å². The fourth-order valence-corrected chi connectivity index (χ4v) is 3.64. The van der Waals surface area contributed by atoms with Crippen molar-refractivity contribution in [2.75, 3.05) is 31.7 Å². The second-order valence-electron chi connectivity index (χ2n) is 7.98. The number of esters is 1. The molecule has 2 aliphatic rings. The lowest BCUT2D eigenvalue weighted by Crippen LogP contribution is -2.43. The molecular weight excluding hydrogens is 304 g/mol. The maximum atomic E-state index is 11.4. The smallest absolute Gasteiger partial charge is 0.308 e. The standard InChI is InChI=1S/C19H28N2O3/c1-19(2,3)16-10-15(16)13-5-6-17(20-11-13)21-7-8-24-14(12-21)9-18(22)23-4/h5-6,11,14-16H,7-10,12H2,1-4H3/t14?,15-,16+/m0/s1. The van der Waals surface area contributed by atoms with Gasteiger partial charge in [-0.05, 0) is 35.3 Å². The van der Waals surface area contributed by atoms with E-state index in [0.717, 1.165) is 18.3 Å². The largest absolute Gasteiger partial charge is 0.469 e. The van der Waals surface area contributed by atoms with Gasteiger partial charge < -0.3 is 14.4 Å². The van der Waals surface area contributed by atoms with E-state index in [1.165, 1.54) is 19.1 Å². The Morgan fingerprint density at radius 3 is 2.79 bits per heavy atom. The molecule has 2 heterocycles. The van der Waals surface area contributed by atoms with Gasteiger partial charge >= 0.3 is 5.97 Å². The number of methoxy groups -OCH3 is 1. The van der Waals surface area contributed by atoms with E-state index in [-0.39, 0.29) is 12.1 Å². The summed E-state index contributed by atoms with van der Waals surface area (Å²) in [5.74, 6) is 2.15. The average Bonchev–Trinajstić information content (AvgIpc) is 3.36. The first-order chi connectivity index (χ1) is 11.4. The molecule has 0 N–H and O–H groups in total. The number of hydrogen-bond acceptors (Lipinski definition) is 5. The van der Waals surface area contributed by atoms with E-state index in [2.05, 4.69) is 42.8 Å². The second kappa shape index (κ2) is 6.71. The molecular formula is C19H28N2O3. The van der Waals surface area contributed by atoms with Gasteiger partial charge in [0.05, 0.1) is 26.2 Å². The van der Waals surface area contributed by atoms with E-state index in [1.807, 2.05) is 6.20 Å². The van der Waals surface area contributed by atoms with E-state index in [9.17, 15) is 4.79 Å². The van der Waals surface area contributed by atoms with Crippen molar-refractivity contribution in [3.05, 3.63) is 23.9 Å². The molecule has 0 aromatic carbocycles. The first kappa shape index (κ1) is 17.2. The number of morpholine rings is 1. The number of pyridine rings is 1. The third kappa shape index (κ3) is 3.89. The lowest BCUT2D eigenvalue weighted by molar-refractivity contribution is -0.144. The fourth-order valence-electron chi connectivity index (χ4n) is 3.64. The van der Waals surface area contributed by atoms with Crippen LogP contribution in [0.5, 0.6) is 0 Å². The van der Waals surface area contributed by atoms with Gasteiger partial charge in [0.15, 0.2) is 0 Å². The Kier molecular flexibility index (Phi) is 4.81. The summed E-state index contributed by atoms with van der Waals surface area (Å²) in [6, 6.07) is 4.32. The molecule has 24 heavy (non-hydrogen) atoms. The summed E-state index contributed by atoms with van der Waals surface area (Å²) >= 11 is 0. The first-order valence-electron chi connectivity index (χ1n) is 8.78. The zero-order valence-corrected chi connectivity index (χ0v) is 15.1. The van der Waals surface area contributed by atoms with E-state index in [0.29, 0.717) is 30.9 Å². The van der Waals surface area contributed by atoms with E-state index >= 15 is 0 Å².